The molecule has 0 aliphatic carbocycles. The fourth-order valence-corrected chi connectivity index (χ4v) is 3.18. The zero-order chi connectivity index (χ0) is 13.0. The Morgan fingerprint density at radius 2 is 1.50 bits per heavy atom. The third kappa shape index (κ3) is 3.12. The molecule has 0 aliphatic rings. The maximum Gasteiger partial charge on any atom is 0.0663 e. The van der Waals surface area contributed by atoms with Crippen molar-refractivity contribution in [2.75, 3.05) is 0 Å². The van der Waals surface area contributed by atoms with Crippen LogP contribution in [0, 0.1) is 18.8 Å². The fraction of sp³-hybridized carbons (Fsp3) is 0.176. The summed E-state index contributed by atoms with van der Waals surface area (Å²) in [7, 11) is -0.804. The lowest BCUT2D eigenvalue weighted by molar-refractivity contribution is 1.46. The first-order valence-electron chi connectivity index (χ1n) is 6.34. The van der Waals surface area contributed by atoms with E-state index in [2.05, 4.69) is 80.4 Å². The maximum atomic E-state index is 3.32. The van der Waals surface area contributed by atoms with E-state index in [-0.39, 0.29) is 0 Å². The standard InChI is InChI=1S/C17H18Si/c1-14-8-10-15(11-9-14)12-13-16-6-4-5-7-17(16)18(2)3/h4-11,18H,1-3H3. The van der Waals surface area contributed by atoms with Gasteiger partial charge < -0.3 is 0 Å². The molecule has 2 aromatic carbocycles. The molecular weight excluding hydrogens is 232 g/mol. The summed E-state index contributed by atoms with van der Waals surface area (Å²) in [5.74, 6) is 6.57. The van der Waals surface area contributed by atoms with Crippen LogP contribution in [-0.2, 0) is 0 Å². The van der Waals surface area contributed by atoms with E-state index in [1.807, 2.05) is 0 Å². The van der Waals surface area contributed by atoms with Gasteiger partial charge in [-0.2, -0.15) is 0 Å². The predicted molar refractivity (Wildman–Crippen MR) is 82.1 cm³/mol. The average molecular weight is 250 g/mol. The molecule has 0 saturated heterocycles. The van der Waals surface area contributed by atoms with Gasteiger partial charge in [-0.1, -0.05) is 60.8 Å². The van der Waals surface area contributed by atoms with Crippen molar-refractivity contribution in [3.8, 4) is 11.8 Å². The second kappa shape index (κ2) is 5.71. The molecule has 0 heterocycles. The lowest BCUT2D eigenvalue weighted by Crippen LogP contribution is -2.25. The minimum absolute atomic E-state index is 0.804. The highest BCUT2D eigenvalue weighted by Crippen LogP contribution is 2.02. The van der Waals surface area contributed by atoms with Crippen molar-refractivity contribution in [1.29, 1.82) is 0 Å². The van der Waals surface area contributed by atoms with Gasteiger partial charge in [0.05, 0.1) is 8.80 Å². The van der Waals surface area contributed by atoms with Gasteiger partial charge in [-0.05, 0) is 30.3 Å². The second-order valence-electron chi connectivity index (χ2n) is 4.86. The van der Waals surface area contributed by atoms with Crippen molar-refractivity contribution in [3.63, 3.8) is 0 Å². The molecule has 0 spiro atoms. The van der Waals surface area contributed by atoms with Gasteiger partial charge in [0.2, 0.25) is 0 Å². The third-order valence-electron chi connectivity index (χ3n) is 2.98. The summed E-state index contributed by atoms with van der Waals surface area (Å²) in [5, 5.41) is 1.46. The molecule has 0 aliphatic heterocycles. The quantitative estimate of drug-likeness (QED) is 0.539. The molecule has 0 N–H and O–H groups in total. The van der Waals surface area contributed by atoms with E-state index in [1.54, 1.807) is 0 Å². The minimum atomic E-state index is -0.804. The molecule has 0 saturated carbocycles. The molecule has 1 heteroatoms. The van der Waals surface area contributed by atoms with Crippen LogP contribution in [0.2, 0.25) is 13.1 Å². The minimum Gasteiger partial charge on any atom is -0.0682 e. The lowest BCUT2D eigenvalue weighted by Gasteiger charge is -2.06. The summed E-state index contributed by atoms with van der Waals surface area (Å²) in [6.45, 7) is 6.77. The van der Waals surface area contributed by atoms with Crippen LogP contribution in [0.5, 0.6) is 0 Å². The second-order valence-corrected chi connectivity index (χ2v) is 7.79. The molecule has 90 valence electrons. The van der Waals surface area contributed by atoms with Crippen molar-refractivity contribution < 1.29 is 0 Å². The van der Waals surface area contributed by atoms with Crippen LogP contribution < -0.4 is 5.19 Å². The third-order valence-corrected chi connectivity index (χ3v) is 4.72. The van der Waals surface area contributed by atoms with Crippen LogP contribution in [0.25, 0.3) is 0 Å². The largest absolute Gasteiger partial charge is 0.0682 e. The van der Waals surface area contributed by atoms with Gasteiger partial charge >= 0.3 is 0 Å². The van der Waals surface area contributed by atoms with Crippen LogP contribution in [-0.4, -0.2) is 8.80 Å². The van der Waals surface area contributed by atoms with Crippen LogP contribution in [0.15, 0.2) is 48.5 Å². The van der Waals surface area contributed by atoms with Crippen molar-refractivity contribution in [2.45, 2.75) is 20.0 Å². The van der Waals surface area contributed by atoms with E-state index in [0.29, 0.717) is 0 Å². The molecule has 0 radical (unpaired) electrons. The summed E-state index contributed by atoms with van der Waals surface area (Å²) in [5.41, 5.74) is 3.55. The average Bonchev–Trinajstić information content (AvgIpc) is 2.38. The van der Waals surface area contributed by atoms with Gasteiger partial charge in [-0.25, -0.2) is 0 Å². The summed E-state index contributed by atoms with van der Waals surface area (Å²) < 4.78 is 0. The molecule has 0 aromatic heterocycles. The SMILES string of the molecule is Cc1ccc(C#Cc2ccccc2[SiH](C)C)cc1. The predicted octanol–water partition coefficient (Wildman–Crippen LogP) is 3.09. The summed E-state index contributed by atoms with van der Waals surface area (Å²) in [4.78, 5) is 0. The maximum absolute atomic E-state index is 3.32. The first kappa shape index (κ1) is 12.7. The van der Waals surface area contributed by atoms with Crippen LogP contribution in [0.3, 0.4) is 0 Å². The van der Waals surface area contributed by atoms with Gasteiger partial charge in [-0.3, -0.25) is 0 Å². The first-order chi connectivity index (χ1) is 8.66. The monoisotopic (exact) mass is 250 g/mol. The Balaban J connectivity index is 2.32. The Bertz CT molecular complexity index is 583. The van der Waals surface area contributed by atoms with E-state index in [4.69, 9.17) is 0 Å². The zero-order valence-electron chi connectivity index (χ0n) is 11.2. The van der Waals surface area contributed by atoms with Crippen LogP contribution in [0.1, 0.15) is 16.7 Å². The highest BCUT2D eigenvalue weighted by Gasteiger charge is 2.03. The molecule has 2 rings (SSSR count). The highest BCUT2D eigenvalue weighted by molar-refractivity contribution is 6.71. The molecule has 18 heavy (non-hydrogen) atoms. The van der Waals surface area contributed by atoms with Crippen molar-refractivity contribution in [3.05, 3.63) is 65.2 Å². The summed E-state index contributed by atoms with van der Waals surface area (Å²) >= 11 is 0. The molecule has 0 bridgehead atoms. The van der Waals surface area contributed by atoms with Gasteiger partial charge in [0.25, 0.3) is 0 Å². The van der Waals surface area contributed by atoms with E-state index < -0.39 is 8.80 Å². The summed E-state index contributed by atoms with van der Waals surface area (Å²) in [6, 6.07) is 16.9. The van der Waals surface area contributed by atoms with Crippen molar-refractivity contribution in [2.24, 2.45) is 0 Å². The topological polar surface area (TPSA) is 0 Å². The Labute approximate surface area is 111 Å². The van der Waals surface area contributed by atoms with Gasteiger partial charge in [-0.15, -0.1) is 0 Å². The van der Waals surface area contributed by atoms with Gasteiger partial charge in [0.15, 0.2) is 0 Å². The molecule has 0 nitrogen and oxygen atoms in total. The van der Waals surface area contributed by atoms with Crippen LogP contribution >= 0.6 is 0 Å². The van der Waals surface area contributed by atoms with Crippen LogP contribution in [0.4, 0.5) is 0 Å². The zero-order valence-corrected chi connectivity index (χ0v) is 12.4. The van der Waals surface area contributed by atoms with E-state index in [0.717, 1.165) is 5.56 Å². The molecule has 0 atom stereocenters. The van der Waals surface area contributed by atoms with Gasteiger partial charge in [0.1, 0.15) is 0 Å². The van der Waals surface area contributed by atoms with E-state index in [1.165, 1.54) is 16.3 Å². The Kier molecular flexibility index (Phi) is 4.02. The van der Waals surface area contributed by atoms with Gasteiger partial charge in [0, 0.05) is 11.1 Å². The molecule has 0 fully saturated rings. The Morgan fingerprint density at radius 1 is 0.833 bits per heavy atom. The number of benzene rings is 2. The van der Waals surface area contributed by atoms with E-state index in [9.17, 15) is 0 Å². The Hall–Kier alpha value is -1.78. The molecular formula is C17H18Si. The lowest BCUT2D eigenvalue weighted by atomic mass is 10.1. The molecule has 0 amide bonds. The number of aryl methyl sites for hydroxylation is 1. The summed E-state index contributed by atoms with van der Waals surface area (Å²) in [6.07, 6.45) is 0. The molecule has 0 unspecified atom stereocenters. The van der Waals surface area contributed by atoms with E-state index >= 15 is 0 Å². The Morgan fingerprint density at radius 3 is 2.17 bits per heavy atom. The fourth-order valence-electron chi connectivity index (χ4n) is 1.89. The normalized spacial score (nSPS) is 10.0. The van der Waals surface area contributed by atoms with Crippen molar-refractivity contribution >= 4 is 14.0 Å². The molecule has 2 aromatic rings. The smallest absolute Gasteiger partial charge is 0.0663 e. The highest BCUT2D eigenvalue weighted by atomic mass is 28.3. The number of rotatable bonds is 1. The van der Waals surface area contributed by atoms with Crippen molar-refractivity contribution in [1.82, 2.24) is 0 Å². The number of hydrogen-bond acceptors (Lipinski definition) is 0. The number of hydrogen-bond donors (Lipinski definition) is 0. The first-order valence-corrected chi connectivity index (χ1v) is 9.23.